The number of nitrogens with zero attached hydrogens (tertiary/aromatic N) is 4. The number of amides is 1. The highest BCUT2D eigenvalue weighted by Gasteiger charge is 2.26. The van der Waals surface area contributed by atoms with Gasteiger partial charge in [-0.2, -0.15) is 0 Å². The number of piperazine rings is 1. The molecule has 6 nitrogen and oxygen atoms in total. The predicted octanol–water partition coefficient (Wildman–Crippen LogP) is 2.33. The summed E-state index contributed by atoms with van der Waals surface area (Å²) in [6, 6.07) is 2.46. The van der Waals surface area contributed by atoms with Crippen LogP contribution in [0.4, 0.5) is 5.82 Å². The molecule has 2 fully saturated rings. The molecule has 2 aromatic heterocycles. The van der Waals surface area contributed by atoms with Gasteiger partial charge < -0.3 is 15.1 Å². The van der Waals surface area contributed by atoms with Crippen LogP contribution in [0.3, 0.4) is 0 Å². The van der Waals surface area contributed by atoms with Gasteiger partial charge in [0, 0.05) is 38.6 Å². The number of aromatic nitrogens is 2. The van der Waals surface area contributed by atoms with E-state index in [4.69, 9.17) is 0 Å². The number of anilines is 1. The van der Waals surface area contributed by atoms with Crippen molar-refractivity contribution < 1.29 is 4.79 Å². The number of hydrogen-bond acceptors (Lipinski definition) is 6. The van der Waals surface area contributed by atoms with Gasteiger partial charge in [0.15, 0.2) is 0 Å². The van der Waals surface area contributed by atoms with Crippen LogP contribution in [-0.2, 0) is 4.79 Å². The molecular weight excluding hydrogens is 381 g/mol. The second-order valence-electron chi connectivity index (χ2n) is 6.20. The zero-order chi connectivity index (χ0) is 15.6. The smallest absolute Gasteiger partial charge is 0.224 e. The van der Waals surface area contributed by atoms with E-state index in [9.17, 15) is 4.79 Å². The van der Waals surface area contributed by atoms with Crippen molar-refractivity contribution in [3.05, 3.63) is 17.8 Å². The lowest BCUT2D eigenvalue weighted by Gasteiger charge is -2.36. The number of thiophene rings is 1. The normalized spacial score (nSPS) is 20.2. The number of carbonyl (C=O) groups is 1. The van der Waals surface area contributed by atoms with Gasteiger partial charge in [-0.1, -0.05) is 0 Å². The van der Waals surface area contributed by atoms with Gasteiger partial charge in [-0.3, -0.25) is 4.79 Å². The number of rotatable bonds is 3. The molecule has 4 rings (SSSR count). The Morgan fingerprint density at radius 1 is 1.24 bits per heavy atom. The van der Waals surface area contributed by atoms with Crippen LogP contribution in [0.1, 0.15) is 19.3 Å². The maximum absolute atomic E-state index is 12.4. The third kappa shape index (κ3) is 4.34. The maximum Gasteiger partial charge on any atom is 0.224 e. The molecular formula is C16H23Cl2N5OS. The Kier molecular flexibility index (Phi) is 7.25. The Bertz CT molecular complexity index is 699. The van der Waals surface area contributed by atoms with Crippen LogP contribution in [0.5, 0.6) is 0 Å². The summed E-state index contributed by atoms with van der Waals surface area (Å²) in [7, 11) is 0. The van der Waals surface area contributed by atoms with Crippen molar-refractivity contribution in [2.45, 2.75) is 25.3 Å². The van der Waals surface area contributed by atoms with Crippen molar-refractivity contribution >= 4 is 58.1 Å². The van der Waals surface area contributed by atoms with E-state index in [-0.39, 0.29) is 30.7 Å². The third-order valence-corrected chi connectivity index (χ3v) is 5.58. The van der Waals surface area contributed by atoms with Gasteiger partial charge in [0.05, 0.1) is 5.39 Å². The molecule has 2 aromatic rings. The molecule has 1 unspecified atom stereocenters. The molecule has 0 saturated carbocycles. The van der Waals surface area contributed by atoms with Crippen LogP contribution in [0.25, 0.3) is 10.2 Å². The molecule has 1 N–H and O–H groups in total. The van der Waals surface area contributed by atoms with Crippen molar-refractivity contribution in [3.8, 4) is 0 Å². The molecule has 0 aliphatic carbocycles. The highest BCUT2D eigenvalue weighted by molar-refractivity contribution is 7.16. The second-order valence-corrected chi connectivity index (χ2v) is 7.10. The van der Waals surface area contributed by atoms with Gasteiger partial charge in [-0.25, -0.2) is 9.97 Å². The van der Waals surface area contributed by atoms with Gasteiger partial charge >= 0.3 is 0 Å². The molecule has 1 amide bonds. The lowest BCUT2D eigenvalue weighted by atomic mass is 10.1. The lowest BCUT2D eigenvalue weighted by molar-refractivity contribution is -0.131. The van der Waals surface area contributed by atoms with Crippen molar-refractivity contribution in [3.63, 3.8) is 0 Å². The maximum atomic E-state index is 12.4. The Morgan fingerprint density at radius 2 is 2.04 bits per heavy atom. The Morgan fingerprint density at radius 3 is 2.76 bits per heavy atom. The van der Waals surface area contributed by atoms with Gasteiger partial charge in [-0.05, 0) is 30.8 Å². The minimum absolute atomic E-state index is 0. The number of halogens is 2. The molecule has 0 radical (unpaired) electrons. The van der Waals surface area contributed by atoms with Crippen LogP contribution in [0.15, 0.2) is 17.8 Å². The van der Waals surface area contributed by atoms with E-state index in [1.807, 2.05) is 4.90 Å². The van der Waals surface area contributed by atoms with Crippen molar-refractivity contribution in [2.75, 3.05) is 37.6 Å². The van der Waals surface area contributed by atoms with Crippen molar-refractivity contribution in [1.82, 2.24) is 20.2 Å². The molecule has 138 valence electrons. The quantitative estimate of drug-likeness (QED) is 0.851. The standard InChI is InChI=1S/C16H21N5OS.2ClH/c22-14(10-12-2-1-4-17-12)20-5-7-21(8-6-20)15-13-3-9-23-16(13)19-11-18-15;;/h3,9,11-12,17H,1-2,4-8,10H2;2*1H. The molecule has 0 bridgehead atoms. The summed E-state index contributed by atoms with van der Waals surface area (Å²) in [6.45, 7) is 4.29. The highest BCUT2D eigenvalue weighted by atomic mass is 35.5. The molecule has 2 aliphatic heterocycles. The second kappa shape index (κ2) is 8.98. The summed E-state index contributed by atoms with van der Waals surface area (Å²) in [6.07, 6.45) is 4.60. The first-order valence-electron chi connectivity index (χ1n) is 8.25. The minimum Gasteiger partial charge on any atom is -0.352 e. The van der Waals surface area contributed by atoms with Crippen LogP contribution < -0.4 is 10.2 Å². The fraction of sp³-hybridized carbons (Fsp3) is 0.562. The van der Waals surface area contributed by atoms with E-state index in [1.165, 1.54) is 6.42 Å². The summed E-state index contributed by atoms with van der Waals surface area (Å²) in [4.78, 5) is 26.5. The average molecular weight is 404 g/mol. The van der Waals surface area contributed by atoms with Gasteiger partial charge in [0.1, 0.15) is 17.0 Å². The SMILES string of the molecule is Cl.Cl.O=C(CC1CCCN1)N1CCN(c2ncnc3sccc23)CC1. The largest absolute Gasteiger partial charge is 0.352 e. The van der Waals surface area contributed by atoms with E-state index in [0.29, 0.717) is 12.5 Å². The van der Waals surface area contributed by atoms with E-state index < -0.39 is 0 Å². The molecule has 4 heterocycles. The number of hydrogen-bond donors (Lipinski definition) is 1. The van der Waals surface area contributed by atoms with E-state index >= 15 is 0 Å². The summed E-state index contributed by atoms with van der Waals surface area (Å²) >= 11 is 1.64. The highest BCUT2D eigenvalue weighted by Crippen LogP contribution is 2.27. The molecule has 9 heteroatoms. The summed E-state index contributed by atoms with van der Waals surface area (Å²) in [5, 5.41) is 6.58. The molecule has 2 aliphatic rings. The van der Waals surface area contributed by atoms with E-state index in [2.05, 4.69) is 31.6 Å². The van der Waals surface area contributed by atoms with Crippen LogP contribution >= 0.6 is 36.2 Å². The Hall–Kier alpha value is -1.15. The minimum atomic E-state index is 0. The Labute approximate surface area is 163 Å². The molecule has 0 aromatic carbocycles. The Balaban J connectivity index is 0.00000113. The summed E-state index contributed by atoms with van der Waals surface area (Å²) < 4.78 is 0. The fourth-order valence-electron chi connectivity index (χ4n) is 3.47. The monoisotopic (exact) mass is 403 g/mol. The zero-order valence-electron chi connectivity index (χ0n) is 13.9. The summed E-state index contributed by atoms with van der Waals surface area (Å²) in [5.41, 5.74) is 0. The summed E-state index contributed by atoms with van der Waals surface area (Å²) in [5.74, 6) is 1.29. The van der Waals surface area contributed by atoms with Crippen LogP contribution in [-0.4, -0.2) is 59.5 Å². The fourth-order valence-corrected chi connectivity index (χ4v) is 4.19. The van der Waals surface area contributed by atoms with E-state index in [0.717, 1.165) is 55.2 Å². The van der Waals surface area contributed by atoms with Crippen LogP contribution in [0, 0.1) is 0 Å². The molecule has 25 heavy (non-hydrogen) atoms. The predicted molar refractivity (Wildman–Crippen MR) is 106 cm³/mol. The first kappa shape index (κ1) is 20.2. The third-order valence-electron chi connectivity index (χ3n) is 4.76. The first-order chi connectivity index (χ1) is 11.3. The van der Waals surface area contributed by atoms with Gasteiger partial charge in [0.25, 0.3) is 0 Å². The number of fused-ring (bicyclic) bond motifs is 1. The van der Waals surface area contributed by atoms with Crippen molar-refractivity contribution in [1.29, 1.82) is 0 Å². The number of nitrogens with one attached hydrogen (secondary N) is 1. The van der Waals surface area contributed by atoms with Crippen LogP contribution in [0.2, 0.25) is 0 Å². The molecule has 2 saturated heterocycles. The average Bonchev–Trinajstić information content (AvgIpc) is 3.25. The molecule has 1 atom stereocenters. The first-order valence-corrected chi connectivity index (χ1v) is 9.13. The van der Waals surface area contributed by atoms with Crippen molar-refractivity contribution in [2.24, 2.45) is 0 Å². The topological polar surface area (TPSA) is 61.4 Å². The lowest BCUT2D eigenvalue weighted by Crippen LogP contribution is -2.50. The zero-order valence-corrected chi connectivity index (χ0v) is 16.3. The van der Waals surface area contributed by atoms with Gasteiger partial charge in [0.2, 0.25) is 5.91 Å². The molecule has 0 spiro atoms. The number of carbonyl (C=O) groups excluding carboxylic acids is 1. The van der Waals surface area contributed by atoms with Gasteiger partial charge in [-0.15, -0.1) is 36.2 Å². The van der Waals surface area contributed by atoms with E-state index in [1.54, 1.807) is 17.7 Å².